The molecule has 1 atom stereocenters. The molecule has 0 spiro atoms. The minimum Gasteiger partial charge on any atom is -0.349 e. The Morgan fingerprint density at radius 2 is 1.83 bits per heavy atom. The summed E-state index contributed by atoms with van der Waals surface area (Å²) < 4.78 is 1.17. The molecule has 1 unspecified atom stereocenters. The van der Waals surface area contributed by atoms with Crippen molar-refractivity contribution in [3.63, 3.8) is 0 Å². The second-order valence-corrected chi connectivity index (χ2v) is 7.40. The number of fused-ring (bicyclic) bond motifs is 1. The van der Waals surface area contributed by atoms with Gasteiger partial charge in [0.25, 0.3) is 5.91 Å². The van der Waals surface area contributed by atoms with Crippen molar-refractivity contribution in [3.8, 4) is 0 Å². The maximum Gasteiger partial charge on any atom is 0.261 e. The second kappa shape index (κ2) is 7.18. The van der Waals surface area contributed by atoms with Crippen molar-refractivity contribution in [1.29, 1.82) is 0 Å². The topological polar surface area (TPSA) is 29.1 Å². The van der Waals surface area contributed by atoms with Gasteiger partial charge in [-0.15, -0.1) is 11.3 Å². The van der Waals surface area contributed by atoms with E-state index in [0.29, 0.717) is 0 Å². The van der Waals surface area contributed by atoms with E-state index in [-0.39, 0.29) is 11.9 Å². The van der Waals surface area contributed by atoms with Gasteiger partial charge in [-0.2, -0.15) is 0 Å². The molecule has 0 aliphatic rings. The zero-order valence-electron chi connectivity index (χ0n) is 14.4. The highest BCUT2D eigenvalue weighted by Gasteiger charge is 2.19. The quantitative estimate of drug-likeness (QED) is 0.670. The number of carbonyl (C=O) groups is 1. The van der Waals surface area contributed by atoms with Crippen LogP contribution in [-0.4, -0.2) is 11.9 Å². The van der Waals surface area contributed by atoms with Gasteiger partial charge in [0.2, 0.25) is 0 Å². The maximum absolute atomic E-state index is 12.7. The lowest BCUT2D eigenvalue weighted by atomic mass is 10.0. The number of nitrogens with one attached hydrogen (secondary N) is 1. The minimum atomic E-state index is 0.0488. The van der Waals surface area contributed by atoms with E-state index in [1.165, 1.54) is 21.2 Å². The number of thiophene rings is 1. The van der Waals surface area contributed by atoms with Gasteiger partial charge >= 0.3 is 0 Å². The first-order valence-corrected chi connectivity index (χ1v) is 9.27. The van der Waals surface area contributed by atoms with Gasteiger partial charge in [-0.25, -0.2) is 0 Å². The molecule has 3 rings (SSSR count). The third kappa shape index (κ3) is 3.51. The highest BCUT2D eigenvalue weighted by molar-refractivity contribution is 7.21. The lowest BCUT2D eigenvalue weighted by Gasteiger charge is -2.12. The van der Waals surface area contributed by atoms with Crippen molar-refractivity contribution in [2.24, 2.45) is 0 Å². The molecule has 1 aromatic heterocycles. The molecule has 1 amide bonds. The van der Waals surface area contributed by atoms with Gasteiger partial charge < -0.3 is 5.32 Å². The Labute approximate surface area is 147 Å². The monoisotopic (exact) mass is 337 g/mol. The fourth-order valence-corrected chi connectivity index (χ4v) is 3.88. The van der Waals surface area contributed by atoms with Crippen LogP contribution in [0.4, 0.5) is 0 Å². The van der Waals surface area contributed by atoms with Crippen LogP contribution in [0.15, 0.2) is 48.5 Å². The van der Waals surface area contributed by atoms with Crippen molar-refractivity contribution < 1.29 is 4.79 Å². The summed E-state index contributed by atoms with van der Waals surface area (Å²) in [5.74, 6) is 0.0488. The summed E-state index contributed by atoms with van der Waals surface area (Å²) in [6, 6.07) is 17.0. The van der Waals surface area contributed by atoms with E-state index in [2.05, 4.69) is 55.6 Å². The van der Waals surface area contributed by atoms with Gasteiger partial charge in [-0.1, -0.05) is 55.0 Å². The molecule has 0 saturated heterocycles. The molecule has 3 aromatic rings. The van der Waals surface area contributed by atoms with Gasteiger partial charge in [0.15, 0.2) is 0 Å². The van der Waals surface area contributed by atoms with Crippen LogP contribution < -0.4 is 5.32 Å². The zero-order valence-corrected chi connectivity index (χ0v) is 15.2. The van der Waals surface area contributed by atoms with E-state index in [1.807, 2.05) is 19.1 Å². The molecular formula is C21H23NOS. The summed E-state index contributed by atoms with van der Waals surface area (Å²) in [7, 11) is 0. The summed E-state index contributed by atoms with van der Waals surface area (Å²) in [4.78, 5) is 13.6. The largest absolute Gasteiger partial charge is 0.349 e. The molecule has 3 heteroatoms. The van der Waals surface area contributed by atoms with E-state index in [0.717, 1.165) is 23.3 Å². The van der Waals surface area contributed by atoms with Crippen molar-refractivity contribution in [3.05, 3.63) is 70.1 Å². The smallest absolute Gasteiger partial charge is 0.261 e. The summed E-state index contributed by atoms with van der Waals surface area (Å²) in [5, 5.41) is 4.31. The first-order valence-electron chi connectivity index (χ1n) is 8.45. The number of amides is 1. The molecule has 1 N–H and O–H groups in total. The molecule has 1 heterocycles. The molecule has 0 aliphatic carbocycles. The molecule has 24 heavy (non-hydrogen) atoms. The van der Waals surface area contributed by atoms with Gasteiger partial charge in [0.1, 0.15) is 0 Å². The van der Waals surface area contributed by atoms with Crippen LogP contribution in [0.25, 0.3) is 10.1 Å². The molecule has 0 fully saturated rings. The Balaban J connectivity index is 2.01. The van der Waals surface area contributed by atoms with Gasteiger partial charge in [-0.05, 0) is 49.3 Å². The first kappa shape index (κ1) is 16.7. The Morgan fingerprint density at radius 3 is 2.54 bits per heavy atom. The van der Waals surface area contributed by atoms with Crippen LogP contribution in [-0.2, 0) is 6.42 Å². The fourth-order valence-electron chi connectivity index (χ4n) is 2.76. The first-order chi connectivity index (χ1) is 11.6. The zero-order chi connectivity index (χ0) is 17.1. The predicted octanol–water partition coefficient (Wildman–Crippen LogP) is 5.33. The molecule has 0 aliphatic heterocycles. The van der Waals surface area contributed by atoms with Crippen molar-refractivity contribution in [1.82, 2.24) is 5.32 Å². The number of carbonyl (C=O) groups excluding carboxylic acids is 1. The van der Waals surface area contributed by atoms with E-state index in [4.69, 9.17) is 0 Å². The maximum atomic E-state index is 12.7. The van der Waals surface area contributed by atoms with Crippen LogP contribution in [0, 0.1) is 6.92 Å². The van der Waals surface area contributed by atoms with E-state index in [9.17, 15) is 4.79 Å². The number of hydrogen-bond donors (Lipinski definition) is 1. The SMILES string of the molecule is CCC(C)NC(=O)c1sc2ccccc2c1Cc1ccc(C)cc1. The van der Waals surface area contributed by atoms with Crippen LogP contribution >= 0.6 is 11.3 Å². The third-order valence-corrected chi connectivity index (χ3v) is 5.61. The highest BCUT2D eigenvalue weighted by atomic mass is 32.1. The Morgan fingerprint density at radius 1 is 1.12 bits per heavy atom. The van der Waals surface area contributed by atoms with E-state index < -0.39 is 0 Å². The van der Waals surface area contributed by atoms with Crippen molar-refractivity contribution in [2.45, 2.75) is 39.7 Å². The average Bonchev–Trinajstić information content (AvgIpc) is 2.95. The molecule has 0 saturated carbocycles. The van der Waals surface area contributed by atoms with Crippen LogP contribution in [0.1, 0.15) is 46.6 Å². The van der Waals surface area contributed by atoms with Crippen molar-refractivity contribution >= 4 is 27.3 Å². The Kier molecular flexibility index (Phi) is 5.00. The molecule has 124 valence electrons. The Bertz CT molecular complexity index is 848. The molecule has 2 nitrogen and oxygen atoms in total. The lowest BCUT2D eigenvalue weighted by Crippen LogP contribution is -2.31. The number of benzene rings is 2. The summed E-state index contributed by atoms with van der Waals surface area (Å²) >= 11 is 1.59. The minimum absolute atomic E-state index is 0.0488. The van der Waals surface area contributed by atoms with Gasteiger partial charge in [-0.3, -0.25) is 4.79 Å². The molecular weight excluding hydrogens is 314 g/mol. The van der Waals surface area contributed by atoms with Crippen LogP contribution in [0.3, 0.4) is 0 Å². The second-order valence-electron chi connectivity index (χ2n) is 6.35. The summed E-state index contributed by atoms with van der Waals surface area (Å²) in [6.45, 7) is 6.22. The molecule has 0 radical (unpaired) electrons. The summed E-state index contributed by atoms with van der Waals surface area (Å²) in [5.41, 5.74) is 3.63. The standard InChI is InChI=1S/C21H23NOS/c1-4-15(3)22-21(23)20-18(13-16-11-9-14(2)10-12-16)17-7-5-6-8-19(17)24-20/h5-12,15H,4,13H2,1-3H3,(H,22,23). The van der Waals surface area contributed by atoms with Gasteiger partial charge in [0, 0.05) is 10.7 Å². The third-order valence-electron chi connectivity index (χ3n) is 4.40. The number of rotatable bonds is 5. The van der Waals surface area contributed by atoms with Gasteiger partial charge in [0.05, 0.1) is 4.88 Å². The number of aryl methyl sites for hydroxylation is 1. The van der Waals surface area contributed by atoms with Crippen LogP contribution in [0.2, 0.25) is 0 Å². The Hall–Kier alpha value is -2.13. The highest BCUT2D eigenvalue weighted by Crippen LogP contribution is 2.33. The predicted molar refractivity (Wildman–Crippen MR) is 103 cm³/mol. The fraction of sp³-hybridized carbons (Fsp3) is 0.286. The number of hydrogen-bond acceptors (Lipinski definition) is 2. The van der Waals surface area contributed by atoms with E-state index >= 15 is 0 Å². The molecule has 0 bridgehead atoms. The summed E-state index contributed by atoms with van der Waals surface area (Å²) in [6.07, 6.45) is 1.72. The molecule has 2 aromatic carbocycles. The van der Waals surface area contributed by atoms with Crippen molar-refractivity contribution in [2.75, 3.05) is 0 Å². The average molecular weight is 337 g/mol. The normalized spacial score (nSPS) is 12.3. The van der Waals surface area contributed by atoms with E-state index in [1.54, 1.807) is 11.3 Å². The lowest BCUT2D eigenvalue weighted by molar-refractivity contribution is 0.0942. The van der Waals surface area contributed by atoms with Crippen LogP contribution in [0.5, 0.6) is 0 Å².